The first kappa shape index (κ1) is 17.4. The molecule has 1 unspecified atom stereocenters. The van der Waals surface area contributed by atoms with Gasteiger partial charge in [-0.1, -0.05) is 30.3 Å². The van der Waals surface area contributed by atoms with Crippen molar-refractivity contribution >= 4 is 0 Å². The molecule has 0 N–H and O–H groups in total. The van der Waals surface area contributed by atoms with Crippen molar-refractivity contribution < 1.29 is 54.5 Å². The van der Waals surface area contributed by atoms with Gasteiger partial charge in [0.15, 0.2) is 0 Å². The number of fused-ring (bicyclic) bond motifs is 2. The molecular weight excluding hydrogens is 501 g/mol. The predicted octanol–water partition coefficient (Wildman–Crippen LogP) is 1.89. The number of methoxy groups -OCH3 is 1. The Hall–Kier alpha value is 0.0419. The van der Waals surface area contributed by atoms with Crippen molar-refractivity contribution in [2.45, 2.75) is 30.5 Å². The fraction of sp³-hybridized carbons (Fsp3) is 0.533. The maximum absolute atomic E-state index is 13.1. The summed E-state index contributed by atoms with van der Waals surface area (Å²) in [5.41, 5.74) is 0.190. The van der Waals surface area contributed by atoms with E-state index in [1.54, 1.807) is 13.7 Å². The van der Waals surface area contributed by atoms with E-state index in [0.29, 0.717) is 6.61 Å². The van der Waals surface area contributed by atoms with Crippen LogP contribution < -0.4 is 0 Å². The van der Waals surface area contributed by atoms with Crippen LogP contribution in [0.2, 0.25) is 0 Å². The Morgan fingerprint density at radius 1 is 1.33 bits per heavy atom. The molecule has 4 atom stereocenters. The summed E-state index contributed by atoms with van der Waals surface area (Å²) in [4.78, 5) is 0. The molecule has 0 spiro atoms. The van der Waals surface area contributed by atoms with Crippen molar-refractivity contribution in [3.05, 3.63) is 42.5 Å². The minimum atomic E-state index is -0.872. The largest absolute Gasteiger partial charge is 0.539 e. The van der Waals surface area contributed by atoms with Gasteiger partial charge in [-0.25, -0.2) is 4.39 Å². The molecule has 0 aromatic heterocycles. The minimum absolute atomic E-state index is 0. The van der Waals surface area contributed by atoms with Gasteiger partial charge in [-0.15, -0.1) is 0 Å². The van der Waals surface area contributed by atoms with Gasteiger partial charge in [-0.2, -0.15) is 6.61 Å². The molecule has 0 amide bonds. The molecule has 21 heavy (non-hydrogen) atoms. The second kappa shape index (κ2) is 7.54. The summed E-state index contributed by atoms with van der Waals surface area (Å²) < 4.78 is 35.5. The van der Waals surface area contributed by atoms with Crippen LogP contribution in [0.1, 0.15) is 5.56 Å². The van der Waals surface area contributed by atoms with E-state index in [9.17, 15) is 4.39 Å². The van der Waals surface area contributed by atoms with Crippen LogP contribution in [0.4, 0.5) is 4.39 Å². The van der Waals surface area contributed by atoms with Gasteiger partial charge in [-0.05, 0) is 11.7 Å². The maximum atomic E-state index is 13.1. The van der Waals surface area contributed by atoms with Crippen molar-refractivity contribution in [1.29, 1.82) is 0 Å². The molecule has 4 nitrogen and oxygen atoms in total. The monoisotopic (exact) mass is 519 g/mol. The molecule has 2 bridgehead atoms. The van der Waals surface area contributed by atoms with Crippen LogP contribution >= 0.6 is 0 Å². The van der Waals surface area contributed by atoms with Gasteiger partial charge in [0, 0.05) is 38.2 Å². The van der Waals surface area contributed by atoms with Gasteiger partial charge in [0.1, 0.15) is 18.4 Å². The molecule has 2 aliphatic rings. The van der Waals surface area contributed by atoms with E-state index < -0.39 is 18.4 Å². The van der Waals surface area contributed by atoms with Gasteiger partial charge >= 0.3 is 0 Å². The Labute approximate surface area is 147 Å². The molecule has 1 aromatic carbocycles. The number of benzene rings is 1. The Balaban J connectivity index is 0.00000161. The first-order valence-electron chi connectivity index (χ1n) is 6.67. The molecule has 114 valence electrons. The normalized spacial score (nSPS) is 33.9. The molecule has 0 saturated carbocycles. The van der Waals surface area contributed by atoms with E-state index in [0.717, 1.165) is 5.56 Å². The summed E-state index contributed by atoms with van der Waals surface area (Å²) in [6, 6.07) is 9.82. The quantitative estimate of drug-likeness (QED) is 0.539. The summed E-state index contributed by atoms with van der Waals surface area (Å²) in [5.74, 6) is 0. The standard InChI is InChI=1S/C15H18FO4.U/c1-17-14-12-9-19-15(14,13(7-16)20-12)10-18-8-11-5-3-2-4-6-11;/h2-6,9,12-14H,7-8,10H2,1H3;/q-1;/t12-,13?,14-,15-;/m0./s1. The van der Waals surface area contributed by atoms with Crippen LogP contribution in [0.25, 0.3) is 0 Å². The van der Waals surface area contributed by atoms with E-state index in [2.05, 4.69) is 0 Å². The van der Waals surface area contributed by atoms with Crippen molar-refractivity contribution in [1.82, 2.24) is 0 Å². The fourth-order valence-electron chi connectivity index (χ4n) is 2.89. The van der Waals surface area contributed by atoms with Crippen molar-refractivity contribution in [2.75, 3.05) is 20.4 Å². The summed E-state index contributed by atoms with van der Waals surface area (Å²) in [5, 5.41) is 0. The molecule has 0 radical (unpaired) electrons. The van der Waals surface area contributed by atoms with E-state index in [1.807, 2.05) is 30.3 Å². The Morgan fingerprint density at radius 3 is 2.76 bits per heavy atom. The van der Waals surface area contributed by atoms with Gasteiger partial charge < -0.3 is 18.9 Å². The topological polar surface area (TPSA) is 36.9 Å². The second-order valence-electron chi connectivity index (χ2n) is 5.09. The average molecular weight is 519 g/mol. The first-order valence-corrected chi connectivity index (χ1v) is 6.67. The van der Waals surface area contributed by atoms with Gasteiger partial charge in [0.05, 0.1) is 19.3 Å². The predicted molar refractivity (Wildman–Crippen MR) is 69.6 cm³/mol. The van der Waals surface area contributed by atoms with Crippen LogP contribution in [-0.2, 0) is 25.6 Å². The van der Waals surface area contributed by atoms with E-state index >= 15 is 0 Å². The van der Waals surface area contributed by atoms with Crippen molar-refractivity contribution in [3.8, 4) is 0 Å². The first-order chi connectivity index (χ1) is 9.80. The number of hydrogen-bond acceptors (Lipinski definition) is 4. The molecule has 2 fully saturated rings. The Kier molecular flexibility index (Phi) is 6.25. The third-order valence-corrected chi connectivity index (χ3v) is 3.90. The van der Waals surface area contributed by atoms with Crippen molar-refractivity contribution in [3.63, 3.8) is 0 Å². The molecule has 1 aromatic rings. The summed E-state index contributed by atoms with van der Waals surface area (Å²) in [6.45, 7) is 1.65. The maximum Gasteiger partial charge on any atom is 0.118 e. The zero-order valence-electron chi connectivity index (χ0n) is 11.8. The van der Waals surface area contributed by atoms with Gasteiger partial charge in [0.2, 0.25) is 0 Å². The summed E-state index contributed by atoms with van der Waals surface area (Å²) in [7, 11) is 1.58. The zero-order valence-corrected chi connectivity index (χ0v) is 16.0. The molecule has 2 aliphatic heterocycles. The van der Waals surface area contributed by atoms with Crippen LogP contribution in [0.3, 0.4) is 0 Å². The van der Waals surface area contributed by atoms with Gasteiger partial charge in [0.25, 0.3) is 0 Å². The van der Waals surface area contributed by atoms with E-state index in [-0.39, 0.29) is 49.9 Å². The number of ether oxygens (including phenoxy) is 4. The summed E-state index contributed by atoms with van der Waals surface area (Å²) in [6.07, 6.45) is -1.28. The Morgan fingerprint density at radius 2 is 2.10 bits per heavy atom. The Bertz CT molecular complexity index is 447. The third kappa shape index (κ3) is 3.22. The smallest absolute Gasteiger partial charge is 0.118 e. The van der Waals surface area contributed by atoms with Crippen LogP contribution in [-0.4, -0.2) is 44.3 Å². The van der Waals surface area contributed by atoms with Crippen molar-refractivity contribution in [2.24, 2.45) is 0 Å². The molecular formula is C15H18FO4U-. The van der Waals surface area contributed by atoms with E-state index in [4.69, 9.17) is 18.9 Å². The van der Waals surface area contributed by atoms with Crippen LogP contribution in [0.15, 0.2) is 30.3 Å². The number of alkyl halides is 1. The van der Waals surface area contributed by atoms with E-state index in [1.165, 1.54) is 0 Å². The third-order valence-electron chi connectivity index (χ3n) is 3.90. The number of halogens is 1. The zero-order chi connectivity index (χ0) is 14.0. The number of rotatable bonds is 6. The van der Waals surface area contributed by atoms with Crippen LogP contribution in [0.5, 0.6) is 0 Å². The van der Waals surface area contributed by atoms with Gasteiger partial charge in [-0.3, -0.25) is 0 Å². The molecule has 0 aliphatic carbocycles. The average Bonchev–Trinajstić information content (AvgIpc) is 2.99. The molecule has 6 heteroatoms. The SMILES string of the molecule is CO[C@H]1[C@@H]2[CH-]O[C@@]1(COCc1ccccc1)C(CF)O2.[U]. The summed E-state index contributed by atoms with van der Waals surface area (Å²) >= 11 is 0. The molecule has 2 heterocycles. The number of hydrogen-bond donors (Lipinski definition) is 0. The minimum Gasteiger partial charge on any atom is -0.539 e. The molecule has 3 rings (SSSR count). The molecule has 2 saturated heterocycles. The van der Waals surface area contributed by atoms with Crippen LogP contribution in [0, 0.1) is 37.7 Å². The fourth-order valence-corrected chi connectivity index (χ4v) is 2.89. The second-order valence-corrected chi connectivity index (χ2v) is 5.09.